The molecule has 0 heterocycles. The molecule has 1 atom stereocenters. The van der Waals surface area contributed by atoms with Crippen LogP contribution in [0, 0.1) is 5.92 Å². The maximum atomic E-state index is 11.0. The lowest BCUT2D eigenvalue weighted by Crippen LogP contribution is -2.37. The second kappa shape index (κ2) is 4.42. The Labute approximate surface area is 80.6 Å². The largest absolute Gasteiger partial charge is 0.327 e. The predicted octanol–water partition coefficient (Wildman–Crippen LogP) is 0.939. The Bertz CT molecular complexity index is 242. The third kappa shape index (κ3) is 4.09. The van der Waals surface area contributed by atoms with Gasteiger partial charge in [0, 0.05) is 12.3 Å². The first-order valence-electron chi connectivity index (χ1n) is 4.92. The smallest absolute Gasteiger partial charge is 0.148 e. The van der Waals surface area contributed by atoms with E-state index in [0.717, 1.165) is 12.8 Å². The average Bonchev–Trinajstić information content (AvgIpc) is 2.03. The van der Waals surface area contributed by atoms with E-state index in [1.165, 1.54) is 25.5 Å². The summed E-state index contributed by atoms with van der Waals surface area (Å²) in [6, 6.07) is -0.143. The van der Waals surface area contributed by atoms with Crippen molar-refractivity contribution in [3.8, 4) is 0 Å². The molecule has 1 rings (SSSR count). The van der Waals surface area contributed by atoms with Crippen LogP contribution in [0.1, 0.15) is 32.1 Å². The average molecular weight is 205 g/mol. The van der Waals surface area contributed by atoms with Crippen LogP contribution in [0.2, 0.25) is 0 Å². The molecule has 0 spiro atoms. The summed E-state index contributed by atoms with van der Waals surface area (Å²) < 4.78 is 22.0. The molecule has 1 aliphatic carbocycles. The Kier molecular flexibility index (Phi) is 3.74. The van der Waals surface area contributed by atoms with Gasteiger partial charge in [0.15, 0.2) is 0 Å². The van der Waals surface area contributed by atoms with Gasteiger partial charge in [-0.25, -0.2) is 8.42 Å². The van der Waals surface area contributed by atoms with Gasteiger partial charge < -0.3 is 5.73 Å². The summed E-state index contributed by atoms with van der Waals surface area (Å²) in [5.74, 6) is 0.584. The highest BCUT2D eigenvalue weighted by atomic mass is 32.2. The Balaban J connectivity index is 2.42. The van der Waals surface area contributed by atoms with E-state index in [4.69, 9.17) is 5.73 Å². The van der Waals surface area contributed by atoms with Gasteiger partial charge in [0.2, 0.25) is 0 Å². The van der Waals surface area contributed by atoms with E-state index in [9.17, 15) is 8.42 Å². The van der Waals surface area contributed by atoms with Gasteiger partial charge in [0.05, 0.1) is 5.75 Å². The molecule has 3 nitrogen and oxygen atoms in total. The maximum absolute atomic E-state index is 11.0. The monoisotopic (exact) mass is 205 g/mol. The molecule has 0 aromatic rings. The number of rotatable bonds is 3. The molecule has 0 aromatic heterocycles. The second-order valence-corrected chi connectivity index (χ2v) is 6.34. The van der Waals surface area contributed by atoms with Crippen molar-refractivity contribution in [1.82, 2.24) is 0 Å². The highest BCUT2D eigenvalue weighted by molar-refractivity contribution is 7.90. The van der Waals surface area contributed by atoms with Crippen molar-refractivity contribution in [2.45, 2.75) is 38.1 Å². The number of hydrogen-bond acceptors (Lipinski definition) is 3. The van der Waals surface area contributed by atoms with Crippen LogP contribution in [0.4, 0.5) is 0 Å². The first-order chi connectivity index (χ1) is 5.99. The maximum Gasteiger partial charge on any atom is 0.148 e. The van der Waals surface area contributed by atoms with Gasteiger partial charge in [-0.3, -0.25) is 0 Å². The van der Waals surface area contributed by atoms with Crippen LogP contribution in [-0.4, -0.2) is 26.5 Å². The molecule has 2 N–H and O–H groups in total. The topological polar surface area (TPSA) is 60.2 Å². The summed E-state index contributed by atoms with van der Waals surface area (Å²) in [6.45, 7) is 0. The van der Waals surface area contributed by atoms with Crippen LogP contribution in [0.25, 0.3) is 0 Å². The third-order valence-electron chi connectivity index (χ3n) is 2.75. The van der Waals surface area contributed by atoms with Crippen molar-refractivity contribution < 1.29 is 8.42 Å². The molecule has 0 amide bonds. The fourth-order valence-electron chi connectivity index (χ4n) is 2.05. The molecule has 0 radical (unpaired) electrons. The lowest BCUT2D eigenvalue weighted by atomic mass is 9.85. The fraction of sp³-hybridized carbons (Fsp3) is 1.00. The highest BCUT2D eigenvalue weighted by Crippen LogP contribution is 2.25. The van der Waals surface area contributed by atoms with E-state index in [2.05, 4.69) is 0 Å². The minimum Gasteiger partial charge on any atom is -0.327 e. The van der Waals surface area contributed by atoms with Crippen molar-refractivity contribution in [2.24, 2.45) is 11.7 Å². The third-order valence-corrected chi connectivity index (χ3v) is 3.74. The first-order valence-corrected chi connectivity index (χ1v) is 6.98. The molecule has 0 aromatic carbocycles. The standard InChI is InChI=1S/C9H19NO2S/c1-13(11,12)7-9(10)8-5-3-2-4-6-8/h8-9H,2-7,10H2,1H3. The minimum absolute atomic E-state index is 0.143. The molecule has 0 aliphatic heterocycles. The van der Waals surface area contributed by atoms with Gasteiger partial charge in [-0.15, -0.1) is 0 Å². The normalized spacial score (nSPS) is 22.9. The fourth-order valence-corrected chi connectivity index (χ4v) is 3.02. The number of sulfone groups is 1. The summed E-state index contributed by atoms with van der Waals surface area (Å²) in [6.07, 6.45) is 7.18. The molecule has 0 saturated heterocycles. The number of nitrogens with two attached hydrogens (primary N) is 1. The Morgan fingerprint density at radius 1 is 1.31 bits per heavy atom. The molecule has 1 saturated carbocycles. The van der Waals surface area contributed by atoms with Gasteiger partial charge in [-0.1, -0.05) is 19.3 Å². The molecule has 78 valence electrons. The van der Waals surface area contributed by atoms with Crippen molar-refractivity contribution in [1.29, 1.82) is 0 Å². The number of hydrogen-bond donors (Lipinski definition) is 1. The van der Waals surface area contributed by atoms with E-state index in [0.29, 0.717) is 5.92 Å². The van der Waals surface area contributed by atoms with Crippen molar-refractivity contribution in [2.75, 3.05) is 12.0 Å². The molecule has 4 heteroatoms. The molecule has 1 aliphatic rings. The van der Waals surface area contributed by atoms with Crippen LogP contribution < -0.4 is 5.73 Å². The van der Waals surface area contributed by atoms with Crippen molar-refractivity contribution in [3.63, 3.8) is 0 Å². The van der Waals surface area contributed by atoms with Gasteiger partial charge in [-0.2, -0.15) is 0 Å². The SMILES string of the molecule is CS(=O)(=O)CC(N)C1CCCCC1. The van der Waals surface area contributed by atoms with Crippen molar-refractivity contribution in [3.05, 3.63) is 0 Å². The zero-order valence-corrected chi connectivity index (χ0v) is 9.02. The zero-order chi connectivity index (χ0) is 9.90. The summed E-state index contributed by atoms with van der Waals surface area (Å²) >= 11 is 0. The molecule has 0 bridgehead atoms. The van der Waals surface area contributed by atoms with Crippen molar-refractivity contribution >= 4 is 9.84 Å². The van der Waals surface area contributed by atoms with E-state index in [1.54, 1.807) is 0 Å². The Morgan fingerprint density at radius 2 is 1.85 bits per heavy atom. The molecule has 1 unspecified atom stereocenters. The van der Waals surface area contributed by atoms with E-state index in [1.807, 2.05) is 0 Å². The molecular formula is C9H19NO2S. The second-order valence-electron chi connectivity index (χ2n) is 4.15. The minimum atomic E-state index is -2.90. The van der Waals surface area contributed by atoms with Gasteiger partial charge in [0.25, 0.3) is 0 Å². The summed E-state index contributed by atoms with van der Waals surface area (Å²) in [5, 5.41) is 0. The molecule has 1 fully saturated rings. The van der Waals surface area contributed by atoms with Crippen LogP contribution in [0.15, 0.2) is 0 Å². The zero-order valence-electron chi connectivity index (χ0n) is 8.20. The van der Waals surface area contributed by atoms with E-state index in [-0.39, 0.29) is 11.8 Å². The van der Waals surface area contributed by atoms with Crippen LogP contribution >= 0.6 is 0 Å². The van der Waals surface area contributed by atoms with E-state index < -0.39 is 9.84 Å². The first kappa shape index (κ1) is 11.0. The van der Waals surface area contributed by atoms with Gasteiger partial charge in [-0.05, 0) is 18.8 Å². The van der Waals surface area contributed by atoms with Gasteiger partial charge in [0.1, 0.15) is 9.84 Å². The van der Waals surface area contributed by atoms with Gasteiger partial charge >= 0.3 is 0 Å². The van der Waals surface area contributed by atoms with E-state index >= 15 is 0 Å². The summed E-state index contributed by atoms with van der Waals surface area (Å²) in [4.78, 5) is 0. The summed E-state index contributed by atoms with van der Waals surface area (Å²) in [5.41, 5.74) is 5.86. The molecular weight excluding hydrogens is 186 g/mol. The Hall–Kier alpha value is -0.0900. The Morgan fingerprint density at radius 3 is 2.31 bits per heavy atom. The lowest BCUT2D eigenvalue weighted by Gasteiger charge is -2.26. The highest BCUT2D eigenvalue weighted by Gasteiger charge is 2.23. The quantitative estimate of drug-likeness (QED) is 0.746. The summed E-state index contributed by atoms with van der Waals surface area (Å²) in [7, 11) is -2.90. The lowest BCUT2D eigenvalue weighted by molar-refractivity contribution is 0.317. The van der Waals surface area contributed by atoms with Crippen LogP contribution in [0.3, 0.4) is 0 Å². The van der Waals surface area contributed by atoms with Crippen LogP contribution in [-0.2, 0) is 9.84 Å². The molecule has 13 heavy (non-hydrogen) atoms. The predicted molar refractivity (Wildman–Crippen MR) is 54.3 cm³/mol. The van der Waals surface area contributed by atoms with Crippen LogP contribution in [0.5, 0.6) is 0 Å².